The molecule has 122 valence electrons. The third kappa shape index (κ3) is 2.62. The number of ether oxygens (including phenoxy) is 1. The lowest BCUT2D eigenvalue weighted by atomic mass is 9.78. The second-order valence-electron chi connectivity index (χ2n) is 6.25. The summed E-state index contributed by atoms with van der Waals surface area (Å²) in [5.74, 6) is -0.451. The van der Waals surface area contributed by atoms with Crippen LogP contribution in [0.15, 0.2) is 42.5 Å². The van der Waals surface area contributed by atoms with Gasteiger partial charge in [0.1, 0.15) is 0 Å². The molecule has 0 bridgehead atoms. The Balaban J connectivity index is 2.00. The Bertz CT molecular complexity index is 665. The number of rotatable bonds is 5. The molecule has 23 heavy (non-hydrogen) atoms. The van der Waals surface area contributed by atoms with E-state index < -0.39 is 5.60 Å². The van der Waals surface area contributed by atoms with Gasteiger partial charge in [-0.25, -0.2) is 0 Å². The number of methoxy groups -OCH3 is 1. The number of benzene rings is 1. The highest BCUT2D eigenvalue weighted by Gasteiger charge is 2.53. The first-order chi connectivity index (χ1) is 11.1. The smallest absolute Gasteiger partial charge is 0.264 e. The summed E-state index contributed by atoms with van der Waals surface area (Å²) < 4.78 is 5.10. The molecule has 4 heteroatoms. The van der Waals surface area contributed by atoms with Crippen LogP contribution in [0.25, 0.3) is 0 Å². The van der Waals surface area contributed by atoms with Gasteiger partial charge in [0.25, 0.3) is 5.91 Å². The summed E-state index contributed by atoms with van der Waals surface area (Å²) in [4.78, 5) is 14.8. The van der Waals surface area contributed by atoms with Crippen molar-refractivity contribution in [3.8, 4) is 0 Å². The summed E-state index contributed by atoms with van der Waals surface area (Å²) in [5, 5.41) is 11.3. The number of nitrogens with zero attached hydrogens (tertiary/aromatic N) is 1. The first-order valence-electron chi connectivity index (χ1n) is 8.06. The van der Waals surface area contributed by atoms with E-state index in [0.717, 1.165) is 23.2 Å². The number of hydrogen-bond donors (Lipinski definition) is 1. The summed E-state index contributed by atoms with van der Waals surface area (Å²) in [7, 11) is 1.65. The fourth-order valence-corrected chi connectivity index (χ4v) is 3.46. The van der Waals surface area contributed by atoms with Crippen LogP contribution in [0.3, 0.4) is 0 Å². The van der Waals surface area contributed by atoms with Crippen molar-refractivity contribution >= 4 is 11.6 Å². The van der Waals surface area contributed by atoms with Gasteiger partial charge in [-0.1, -0.05) is 36.4 Å². The van der Waals surface area contributed by atoms with E-state index in [9.17, 15) is 9.90 Å². The first-order valence-corrected chi connectivity index (χ1v) is 8.06. The molecule has 0 spiro atoms. The van der Waals surface area contributed by atoms with Crippen LogP contribution in [0.1, 0.15) is 24.0 Å². The van der Waals surface area contributed by atoms with Crippen molar-refractivity contribution in [3.05, 3.63) is 53.6 Å². The van der Waals surface area contributed by atoms with Crippen LogP contribution in [0.4, 0.5) is 5.69 Å². The maximum atomic E-state index is 13.1. The number of hydrogen-bond acceptors (Lipinski definition) is 3. The van der Waals surface area contributed by atoms with Gasteiger partial charge in [0, 0.05) is 31.7 Å². The zero-order valence-electron chi connectivity index (χ0n) is 13.7. The second-order valence-corrected chi connectivity index (χ2v) is 6.25. The van der Waals surface area contributed by atoms with E-state index in [1.165, 1.54) is 0 Å². The predicted octanol–water partition coefficient (Wildman–Crippen LogP) is 2.70. The van der Waals surface area contributed by atoms with Gasteiger partial charge in [0.2, 0.25) is 0 Å². The van der Waals surface area contributed by atoms with Gasteiger partial charge >= 0.3 is 0 Å². The van der Waals surface area contributed by atoms with Gasteiger partial charge in [-0.2, -0.15) is 0 Å². The zero-order chi connectivity index (χ0) is 16.4. The Morgan fingerprint density at radius 3 is 2.91 bits per heavy atom. The third-order valence-corrected chi connectivity index (χ3v) is 4.67. The van der Waals surface area contributed by atoms with E-state index in [-0.39, 0.29) is 11.8 Å². The lowest BCUT2D eigenvalue weighted by Crippen LogP contribution is -2.45. The van der Waals surface area contributed by atoms with Crippen LogP contribution in [0, 0.1) is 12.8 Å². The Morgan fingerprint density at radius 1 is 1.39 bits per heavy atom. The number of amides is 1. The highest BCUT2D eigenvalue weighted by Crippen LogP contribution is 2.47. The van der Waals surface area contributed by atoms with Crippen LogP contribution >= 0.6 is 0 Å². The fourth-order valence-electron chi connectivity index (χ4n) is 3.46. The minimum absolute atomic E-state index is 0.223. The molecule has 2 aliphatic rings. The quantitative estimate of drug-likeness (QED) is 0.850. The molecule has 1 aliphatic carbocycles. The van der Waals surface area contributed by atoms with Crippen molar-refractivity contribution < 1.29 is 14.6 Å². The topological polar surface area (TPSA) is 49.8 Å². The van der Waals surface area contributed by atoms with Crippen LogP contribution in [-0.2, 0) is 15.1 Å². The molecule has 1 amide bonds. The molecule has 4 nitrogen and oxygen atoms in total. The summed E-state index contributed by atoms with van der Waals surface area (Å²) in [6.07, 6.45) is 9.19. The van der Waals surface area contributed by atoms with Crippen LogP contribution in [0.5, 0.6) is 0 Å². The molecular weight excluding hydrogens is 290 g/mol. The highest BCUT2D eigenvalue weighted by molar-refractivity contribution is 6.07. The van der Waals surface area contributed by atoms with Gasteiger partial charge in [-0.3, -0.25) is 4.79 Å². The van der Waals surface area contributed by atoms with E-state index in [0.29, 0.717) is 19.6 Å². The number of allylic oxidation sites excluding steroid dienone is 3. The maximum absolute atomic E-state index is 13.1. The Hall–Kier alpha value is -1.91. The molecule has 1 aromatic rings. The van der Waals surface area contributed by atoms with Crippen molar-refractivity contribution in [3.63, 3.8) is 0 Å². The summed E-state index contributed by atoms with van der Waals surface area (Å²) in [6, 6.07) is 5.84. The molecule has 3 rings (SSSR count). The second kappa shape index (κ2) is 6.30. The summed E-state index contributed by atoms with van der Waals surface area (Å²) >= 11 is 0. The molecule has 0 saturated heterocycles. The molecule has 1 aliphatic heterocycles. The molecule has 2 atom stereocenters. The van der Waals surface area contributed by atoms with Crippen LogP contribution in [0.2, 0.25) is 0 Å². The molecule has 2 unspecified atom stereocenters. The van der Waals surface area contributed by atoms with Crippen molar-refractivity contribution in [2.45, 2.75) is 25.4 Å². The molecule has 0 aromatic heterocycles. The van der Waals surface area contributed by atoms with Gasteiger partial charge in [0.15, 0.2) is 5.60 Å². The Morgan fingerprint density at radius 2 is 2.22 bits per heavy atom. The molecule has 0 saturated carbocycles. The van der Waals surface area contributed by atoms with Crippen molar-refractivity contribution in [2.75, 3.05) is 25.2 Å². The van der Waals surface area contributed by atoms with Gasteiger partial charge in [0.05, 0.1) is 5.69 Å². The minimum atomic E-state index is -1.47. The normalized spacial score (nSPS) is 26.0. The number of carbonyl (C=O) groups excluding carboxylic acids is 1. The zero-order valence-corrected chi connectivity index (χ0v) is 13.7. The number of aliphatic hydroxyl groups is 1. The van der Waals surface area contributed by atoms with Crippen molar-refractivity contribution in [1.82, 2.24) is 0 Å². The SMILES string of the molecule is COCCCN1C(=O)C(O)(C2C=CC=CC2)c2ccc(C)cc21. The largest absolute Gasteiger partial charge is 0.385 e. The van der Waals surface area contributed by atoms with E-state index in [1.807, 2.05) is 49.4 Å². The highest BCUT2D eigenvalue weighted by atomic mass is 16.5. The van der Waals surface area contributed by atoms with Gasteiger partial charge < -0.3 is 14.7 Å². The maximum Gasteiger partial charge on any atom is 0.264 e. The summed E-state index contributed by atoms with van der Waals surface area (Å²) in [6.45, 7) is 3.14. The lowest BCUT2D eigenvalue weighted by molar-refractivity contribution is -0.140. The van der Waals surface area contributed by atoms with E-state index in [2.05, 4.69) is 0 Å². The first kappa shape index (κ1) is 16.0. The Labute approximate surface area is 137 Å². The van der Waals surface area contributed by atoms with Crippen LogP contribution < -0.4 is 4.90 Å². The van der Waals surface area contributed by atoms with Gasteiger partial charge in [-0.15, -0.1) is 0 Å². The third-order valence-electron chi connectivity index (χ3n) is 4.67. The molecule has 0 radical (unpaired) electrons. The number of aryl methyl sites for hydroxylation is 1. The van der Waals surface area contributed by atoms with Crippen molar-refractivity contribution in [1.29, 1.82) is 0 Å². The average Bonchev–Trinajstić information content (AvgIpc) is 2.78. The fraction of sp³-hybridized carbons (Fsp3) is 0.421. The molecule has 1 N–H and O–H groups in total. The average molecular weight is 313 g/mol. The monoisotopic (exact) mass is 313 g/mol. The van der Waals surface area contributed by atoms with Crippen molar-refractivity contribution in [2.24, 2.45) is 5.92 Å². The van der Waals surface area contributed by atoms with Crippen LogP contribution in [-0.4, -0.2) is 31.3 Å². The van der Waals surface area contributed by atoms with E-state index >= 15 is 0 Å². The molecular formula is C19H23NO3. The Kier molecular flexibility index (Phi) is 4.37. The molecule has 0 fully saturated rings. The van der Waals surface area contributed by atoms with Gasteiger partial charge in [-0.05, 0) is 31.4 Å². The standard InChI is InChI=1S/C19H23NO3/c1-14-9-10-16-17(13-14)20(11-6-12-23-2)18(21)19(16,22)15-7-4-3-5-8-15/h3-5,7,9-10,13,15,22H,6,8,11-12H2,1-2H3. The minimum Gasteiger partial charge on any atom is -0.385 e. The summed E-state index contributed by atoms with van der Waals surface area (Å²) in [5.41, 5.74) is 1.15. The van der Waals surface area contributed by atoms with E-state index in [4.69, 9.17) is 4.74 Å². The number of anilines is 1. The molecule has 1 heterocycles. The molecule has 1 aromatic carbocycles. The number of carbonyl (C=O) groups is 1. The predicted molar refractivity (Wildman–Crippen MR) is 90.3 cm³/mol. The van der Waals surface area contributed by atoms with E-state index in [1.54, 1.807) is 12.0 Å². The number of fused-ring (bicyclic) bond motifs is 1. The lowest BCUT2D eigenvalue weighted by Gasteiger charge is -2.30.